The molecule has 0 radical (unpaired) electrons. The number of hydrogen-bond acceptors (Lipinski definition) is 4. The third kappa shape index (κ3) is 7.03. The van der Waals surface area contributed by atoms with E-state index in [1.165, 1.54) is 12.1 Å². The summed E-state index contributed by atoms with van der Waals surface area (Å²) in [6, 6.07) is 12.4. The number of hydrogen-bond donors (Lipinski definition) is 2. The summed E-state index contributed by atoms with van der Waals surface area (Å²) in [5.41, 5.74) is 1.86. The zero-order chi connectivity index (χ0) is 20.0. The lowest BCUT2D eigenvalue weighted by atomic mass is 10.1. The van der Waals surface area contributed by atoms with Gasteiger partial charge in [-0.25, -0.2) is 8.42 Å². The van der Waals surface area contributed by atoms with Gasteiger partial charge in [0.15, 0.2) is 0 Å². The lowest BCUT2D eigenvalue weighted by molar-refractivity contribution is -0.118. The molecule has 2 amide bonds. The van der Waals surface area contributed by atoms with Gasteiger partial charge in [0.1, 0.15) is 15.9 Å². The molecule has 27 heavy (non-hydrogen) atoms. The summed E-state index contributed by atoms with van der Waals surface area (Å²) in [6.45, 7) is 1.89. The van der Waals surface area contributed by atoms with Gasteiger partial charge in [0.2, 0.25) is 5.91 Å². The quantitative estimate of drug-likeness (QED) is 0.736. The van der Waals surface area contributed by atoms with Gasteiger partial charge in [-0.15, -0.1) is 0 Å². The first-order valence-corrected chi connectivity index (χ1v) is 10.7. The molecule has 0 aliphatic rings. The van der Waals surface area contributed by atoms with E-state index in [1.807, 2.05) is 13.0 Å². The summed E-state index contributed by atoms with van der Waals surface area (Å²) >= 11 is 5.81. The second kappa shape index (κ2) is 9.01. The monoisotopic (exact) mass is 408 g/mol. The number of benzene rings is 2. The molecule has 2 N–H and O–H groups in total. The van der Waals surface area contributed by atoms with Crippen molar-refractivity contribution in [3.63, 3.8) is 0 Å². The zero-order valence-electron chi connectivity index (χ0n) is 15.0. The Hall–Kier alpha value is -2.38. The van der Waals surface area contributed by atoms with Gasteiger partial charge in [-0.05, 0) is 55.3 Å². The van der Waals surface area contributed by atoms with Crippen LogP contribution in [0.4, 0.5) is 5.69 Å². The maximum absolute atomic E-state index is 12.6. The minimum Gasteiger partial charge on any atom is -0.340 e. The van der Waals surface area contributed by atoms with Gasteiger partial charge in [-0.1, -0.05) is 23.7 Å². The predicted octanol–water partition coefficient (Wildman–Crippen LogP) is 2.82. The molecule has 8 heteroatoms. The molecule has 0 unspecified atom stereocenters. The molecule has 0 saturated heterocycles. The lowest BCUT2D eigenvalue weighted by Gasteiger charge is -2.18. The number of aryl methyl sites for hydroxylation is 1. The van der Waals surface area contributed by atoms with E-state index in [9.17, 15) is 18.0 Å². The molecule has 0 aromatic heterocycles. The summed E-state index contributed by atoms with van der Waals surface area (Å²) in [6.07, 6.45) is 1.05. The molecule has 144 valence electrons. The molecule has 0 heterocycles. The molecule has 0 fully saturated rings. The lowest BCUT2D eigenvalue weighted by Crippen LogP contribution is -2.44. The molecule has 0 aliphatic carbocycles. The Labute approximate surface area is 163 Å². The van der Waals surface area contributed by atoms with Crippen molar-refractivity contribution >= 4 is 38.9 Å². The van der Waals surface area contributed by atoms with Crippen molar-refractivity contribution in [1.29, 1.82) is 0 Å². The van der Waals surface area contributed by atoms with Crippen LogP contribution in [-0.2, 0) is 14.6 Å². The zero-order valence-corrected chi connectivity index (χ0v) is 16.6. The first-order valence-electron chi connectivity index (χ1n) is 8.26. The number of anilines is 1. The maximum atomic E-state index is 12.6. The Kier molecular flexibility index (Phi) is 6.98. The highest BCUT2D eigenvalue weighted by molar-refractivity contribution is 7.90. The molecule has 0 spiro atoms. The van der Waals surface area contributed by atoms with E-state index in [2.05, 4.69) is 10.6 Å². The summed E-state index contributed by atoms with van der Waals surface area (Å²) in [5, 5.41) is 5.80. The van der Waals surface area contributed by atoms with Crippen LogP contribution in [0, 0.1) is 6.92 Å². The second-order valence-electron chi connectivity index (χ2n) is 6.31. The number of carbonyl (C=O) groups excluding carboxylic acids is 2. The van der Waals surface area contributed by atoms with E-state index in [0.29, 0.717) is 16.3 Å². The Morgan fingerprint density at radius 1 is 1.11 bits per heavy atom. The van der Waals surface area contributed by atoms with Crippen molar-refractivity contribution in [3.8, 4) is 0 Å². The molecule has 2 aromatic carbocycles. The van der Waals surface area contributed by atoms with Crippen molar-refractivity contribution in [3.05, 3.63) is 64.7 Å². The first-order chi connectivity index (χ1) is 12.6. The molecular weight excluding hydrogens is 388 g/mol. The fraction of sp³-hybridized carbons (Fsp3) is 0.263. The second-order valence-corrected chi connectivity index (χ2v) is 9.01. The van der Waals surface area contributed by atoms with Crippen LogP contribution in [-0.4, -0.2) is 38.3 Å². The average molecular weight is 409 g/mol. The molecule has 0 bridgehead atoms. The van der Waals surface area contributed by atoms with E-state index in [4.69, 9.17) is 11.6 Å². The highest BCUT2D eigenvalue weighted by Gasteiger charge is 2.23. The largest absolute Gasteiger partial charge is 0.340 e. The van der Waals surface area contributed by atoms with Crippen molar-refractivity contribution in [1.82, 2.24) is 5.32 Å². The van der Waals surface area contributed by atoms with Gasteiger partial charge in [0, 0.05) is 22.5 Å². The summed E-state index contributed by atoms with van der Waals surface area (Å²) in [7, 11) is -3.29. The standard InChI is InChI=1S/C19H21ClN2O4S/c1-13-4-3-5-16(12-13)21-19(24)17(10-11-27(2,25)26)22-18(23)14-6-8-15(20)9-7-14/h3-9,12,17H,10-11H2,1-2H3,(H,21,24)(H,22,23)/t17-/m1/s1. The van der Waals surface area contributed by atoms with Crippen LogP contribution >= 0.6 is 11.6 Å². The third-order valence-electron chi connectivity index (χ3n) is 3.79. The average Bonchev–Trinajstić information content (AvgIpc) is 2.58. The number of nitrogens with one attached hydrogen (secondary N) is 2. The number of sulfone groups is 1. The molecular formula is C19H21ClN2O4S. The molecule has 0 aliphatic heterocycles. The van der Waals surface area contributed by atoms with Gasteiger partial charge in [0.25, 0.3) is 5.91 Å². The SMILES string of the molecule is Cc1cccc(NC(=O)[C@@H](CCS(C)(=O)=O)NC(=O)c2ccc(Cl)cc2)c1. The highest BCUT2D eigenvalue weighted by Crippen LogP contribution is 2.12. The van der Waals surface area contributed by atoms with Crippen LogP contribution < -0.4 is 10.6 Å². The number of amides is 2. The summed E-state index contributed by atoms with van der Waals surface area (Å²) < 4.78 is 23.0. The Bertz CT molecular complexity index is 927. The van der Waals surface area contributed by atoms with Crippen LogP contribution in [0.5, 0.6) is 0 Å². The normalized spacial score (nSPS) is 12.3. The van der Waals surface area contributed by atoms with Crippen molar-refractivity contribution in [2.24, 2.45) is 0 Å². The van der Waals surface area contributed by atoms with E-state index in [1.54, 1.807) is 30.3 Å². The minimum atomic E-state index is -3.29. The molecule has 6 nitrogen and oxygen atoms in total. The van der Waals surface area contributed by atoms with Crippen molar-refractivity contribution in [2.75, 3.05) is 17.3 Å². The van der Waals surface area contributed by atoms with E-state index < -0.39 is 27.7 Å². The Morgan fingerprint density at radius 2 is 1.78 bits per heavy atom. The van der Waals surface area contributed by atoms with E-state index >= 15 is 0 Å². The molecule has 0 saturated carbocycles. The number of halogens is 1. The highest BCUT2D eigenvalue weighted by atomic mass is 35.5. The minimum absolute atomic E-state index is 0.0319. The molecule has 2 rings (SSSR count). The predicted molar refractivity (Wildman–Crippen MR) is 107 cm³/mol. The van der Waals surface area contributed by atoms with Crippen LogP contribution in [0.15, 0.2) is 48.5 Å². The van der Waals surface area contributed by atoms with Crippen LogP contribution in [0.25, 0.3) is 0 Å². The first kappa shape index (κ1) is 20.9. The van der Waals surface area contributed by atoms with Crippen molar-refractivity contribution < 1.29 is 18.0 Å². The number of rotatable bonds is 7. The van der Waals surface area contributed by atoms with Crippen LogP contribution in [0.2, 0.25) is 5.02 Å². The van der Waals surface area contributed by atoms with Gasteiger partial charge in [0.05, 0.1) is 5.75 Å². The summed E-state index contributed by atoms with van der Waals surface area (Å²) in [5.74, 6) is -1.18. The van der Waals surface area contributed by atoms with Gasteiger partial charge < -0.3 is 10.6 Å². The fourth-order valence-corrected chi connectivity index (χ4v) is 3.19. The number of carbonyl (C=O) groups is 2. The van der Waals surface area contributed by atoms with E-state index in [-0.39, 0.29) is 12.2 Å². The van der Waals surface area contributed by atoms with Crippen molar-refractivity contribution in [2.45, 2.75) is 19.4 Å². The third-order valence-corrected chi connectivity index (χ3v) is 5.02. The fourth-order valence-electron chi connectivity index (χ4n) is 2.40. The van der Waals surface area contributed by atoms with Gasteiger partial charge in [-0.3, -0.25) is 9.59 Å². The Balaban J connectivity index is 2.15. The Morgan fingerprint density at radius 3 is 2.37 bits per heavy atom. The van der Waals surface area contributed by atoms with E-state index in [0.717, 1.165) is 11.8 Å². The maximum Gasteiger partial charge on any atom is 0.251 e. The van der Waals surface area contributed by atoms with Crippen LogP contribution in [0.3, 0.4) is 0 Å². The van der Waals surface area contributed by atoms with Gasteiger partial charge in [-0.2, -0.15) is 0 Å². The van der Waals surface area contributed by atoms with Crippen LogP contribution in [0.1, 0.15) is 22.3 Å². The topological polar surface area (TPSA) is 92.3 Å². The summed E-state index contributed by atoms with van der Waals surface area (Å²) in [4.78, 5) is 25.0. The smallest absolute Gasteiger partial charge is 0.251 e. The van der Waals surface area contributed by atoms with Gasteiger partial charge >= 0.3 is 0 Å². The molecule has 2 aromatic rings. The molecule has 1 atom stereocenters.